The molecule has 0 aromatic carbocycles. The van der Waals surface area contributed by atoms with Crippen LogP contribution in [0.5, 0.6) is 0 Å². The van der Waals surface area contributed by atoms with Crippen LogP contribution in [-0.2, 0) is 17.9 Å². The summed E-state index contributed by atoms with van der Waals surface area (Å²) in [6.45, 7) is 5.76. The van der Waals surface area contributed by atoms with Gasteiger partial charge in [0.25, 0.3) is 0 Å². The summed E-state index contributed by atoms with van der Waals surface area (Å²) in [5.41, 5.74) is 3.37. The monoisotopic (exact) mass is 296 g/mol. The maximum Gasteiger partial charge on any atom is 0.185 e. The molecule has 1 aliphatic carbocycles. The number of Topliss-reactive ketones (excluding diaryl/α,β-unsaturated/α-hetero) is 1. The lowest BCUT2D eigenvalue weighted by Gasteiger charge is -1.95. The highest BCUT2D eigenvalue weighted by molar-refractivity contribution is 6.15. The van der Waals surface area contributed by atoms with Crippen molar-refractivity contribution >= 4 is 17.9 Å². The van der Waals surface area contributed by atoms with Gasteiger partial charge in [-0.05, 0) is 51.0 Å². The second-order valence-corrected chi connectivity index (χ2v) is 5.36. The van der Waals surface area contributed by atoms with Gasteiger partial charge in [0, 0.05) is 36.6 Å². The number of aryl methyl sites for hydroxylation is 2. The number of carbonyl (C=O) groups is 1. The van der Waals surface area contributed by atoms with Crippen LogP contribution in [0.2, 0.25) is 0 Å². The van der Waals surface area contributed by atoms with Gasteiger partial charge in [0.2, 0.25) is 0 Å². The predicted octanol–water partition coefficient (Wildman–Crippen LogP) is 2.95. The molecular formula is C17H20N4O. The van der Waals surface area contributed by atoms with Gasteiger partial charge in [0.15, 0.2) is 5.78 Å². The van der Waals surface area contributed by atoms with Crippen LogP contribution in [0.25, 0.3) is 12.2 Å². The van der Waals surface area contributed by atoms with E-state index in [1.807, 2.05) is 59.9 Å². The van der Waals surface area contributed by atoms with E-state index >= 15 is 0 Å². The minimum atomic E-state index is 0.122. The molecule has 3 rings (SSSR count). The van der Waals surface area contributed by atoms with Gasteiger partial charge < -0.3 is 0 Å². The average Bonchev–Trinajstić information content (AvgIpc) is 3.24. The molecule has 0 bridgehead atoms. The van der Waals surface area contributed by atoms with Crippen molar-refractivity contribution in [3.05, 3.63) is 47.1 Å². The van der Waals surface area contributed by atoms with E-state index in [1.54, 1.807) is 0 Å². The van der Waals surface area contributed by atoms with Crippen LogP contribution in [0.4, 0.5) is 0 Å². The van der Waals surface area contributed by atoms with Crippen molar-refractivity contribution in [2.24, 2.45) is 0 Å². The summed E-state index contributed by atoms with van der Waals surface area (Å²) in [6.07, 6.45) is 9.22. The second-order valence-electron chi connectivity index (χ2n) is 5.36. The Hall–Kier alpha value is -2.43. The van der Waals surface area contributed by atoms with Gasteiger partial charge in [0.1, 0.15) is 0 Å². The maximum atomic E-state index is 12.5. The standard InChI is InChI=1S/C17H20N4O/c1-3-20-9-7-15(18-20)11-13-5-6-14(17(13)22)12-16-8-10-21(4-2)19-16/h7-12H,3-6H2,1-2H3. The topological polar surface area (TPSA) is 52.7 Å². The predicted molar refractivity (Wildman–Crippen MR) is 86.0 cm³/mol. The molecule has 1 fully saturated rings. The van der Waals surface area contributed by atoms with Crippen LogP contribution >= 0.6 is 0 Å². The highest BCUT2D eigenvalue weighted by atomic mass is 16.1. The highest BCUT2D eigenvalue weighted by Crippen LogP contribution is 2.28. The van der Waals surface area contributed by atoms with E-state index in [4.69, 9.17) is 0 Å². The number of carbonyl (C=O) groups excluding carboxylic acids is 1. The lowest BCUT2D eigenvalue weighted by molar-refractivity contribution is -0.111. The van der Waals surface area contributed by atoms with E-state index in [0.29, 0.717) is 0 Å². The van der Waals surface area contributed by atoms with E-state index < -0.39 is 0 Å². The lowest BCUT2D eigenvalue weighted by atomic mass is 10.1. The third-order valence-electron chi connectivity index (χ3n) is 3.86. The number of hydrogen-bond acceptors (Lipinski definition) is 3. The Morgan fingerprint density at radius 2 is 1.41 bits per heavy atom. The summed E-state index contributed by atoms with van der Waals surface area (Å²) in [4.78, 5) is 12.5. The van der Waals surface area contributed by atoms with E-state index in [2.05, 4.69) is 10.2 Å². The molecule has 0 amide bonds. The van der Waals surface area contributed by atoms with Gasteiger partial charge in [-0.1, -0.05) is 0 Å². The molecule has 0 unspecified atom stereocenters. The minimum absolute atomic E-state index is 0.122. The van der Waals surface area contributed by atoms with Crippen molar-refractivity contribution in [2.75, 3.05) is 0 Å². The first kappa shape index (κ1) is 14.5. The smallest absolute Gasteiger partial charge is 0.185 e. The van der Waals surface area contributed by atoms with Crippen molar-refractivity contribution in [3.8, 4) is 0 Å². The Kier molecular flexibility index (Phi) is 4.04. The molecule has 2 aromatic rings. The Morgan fingerprint density at radius 1 is 0.955 bits per heavy atom. The second kappa shape index (κ2) is 6.13. The van der Waals surface area contributed by atoms with Gasteiger partial charge in [-0.25, -0.2) is 0 Å². The Bertz CT molecular complexity index is 686. The van der Waals surface area contributed by atoms with Gasteiger partial charge >= 0.3 is 0 Å². The molecule has 0 radical (unpaired) electrons. The fourth-order valence-corrected chi connectivity index (χ4v) is 2.60. The fourth-order valence-electron chi connectivity index (χ4n) is 2.60. The minimum Gasteiger partial charge on any atom is -0.289 e. The zero-order chi connectivity index (χ0) is 15.5. The van der Waals surface area contributed by atoms with Crippen molar-refractivity contribution in [3.63, 3.8) is 0 Å². The van der Waals surface area contributed by atoms with Gasteiger partial charge in [-0.2, -0.15) is 10.2 Å². The highest BCUT2D eigenvalue weighted by Gasteiger charge is 2.23. The van der Waals surface area contributed by atoms with Gasteiger partial charge in [-0.15, -0.1) is 0 Å². The molecule has 0 N–H and O–H groups in total. The first-order chi connectivity index (χ1) is 10.7. The molecule has 2 aromatic heterocycles. The summed E-state index contributed by atoms with van der Waals surface area (Å²) in [5, 5.41) is 8.81. The van der Waals surface area contributed by atoms with Crippen LogP contribution in [0.1, 0.15) is 38.1 Å². The quantitative estimate of drug-likeness (QED) is 0.815. The normalized spacial score (nSPS) is 18.7. The summed E-state index contributed by atoms with van der Waals surface area (Å²) in [6, 6.07) is 3.88. The number of rotatable bonds is 4. The number of allylic oxidation sites excluding steroid dienone is 2. The van der Waals surface area contributed by atoms with Crippen LogP contribution < -0.4 is 0 Å². The van der Waals surface area contributed by atoms with E-state index in [0.717, 1.165) is 48.5 Å². The Balaban J connectivity index is 1.79. The van der Waals surface area contributed by atoms with Crippen LogP contribution in [0.3, 0.4) is 0 Å². The van der Waals surface area contributed by atoms with Crippen LogP contribution in [-0.4, -0.2) is 25.3 Å². The van der Waals surface area contributed by atoms with E-state index in [-0.39, 0.29) is 5.78 Å². The Labute approximate surface area is 129 Å². The lowest BCUT2D eigenvalue weighted by Crippen LogP contribution is -1.98. The number of ketones is 1. The zero-order valence-electron chi connectivity index (χ0n) is 13.0. The zero-order valence-corrected chi connectivity index (χ0v) is 13.0. The summed E-state index contributed by atoms with van der Waals surface area (Å²) < 4.78 is 3.72. The number of nitrogens with zero attached hydrogens (tertiary/aromatic N) is 4. The van der Waals surface area contributed by atoms with E-state index in [9.17, 15) is 4.79 Å². The number of hydrogen-bond donors (Lipinski definition) is 0. The molecule has 1 saturated carbocycles. The molecule has 5 heteroatoms. The van der Waals surface area contributed by atoms with Crippen LogP contribution in [0, 0.1) is 0 Å². The SMILES string of the molecule is CCn1ccc(C=C2CCC(=Cc3ccn(CC)n3)C2=O)n1. The molecule has 0 aliphatic heterocycles. The first-order valence-electron chi connectivity index (χ1n) is 7.72. The van der Waals surface area contributed by atoms with Crippen molar-refractivity contribution in [1.29, 1.82) is 0 Å². The number of aromatic nitrogens is 4. The average molecular weight is 296 g/mol. The molecule has 2 heterocycles. The van der Waals surface area contributed by atoms with Crippen molar-refractivity contribution in [2.45, 2.75) is 39.8 Å². The van der Waals surface area contributed by atoms with Crippen molar-refractivity contribution < 1.29 is 4.79 Å². The summed E-state index contributed by atoms with van der Waals surface area (Å²) in [7, 11) is 0. The largest absolute Gasteiger partial charge is 0.289 e. The summed E-state index contributed by atoms with van der Waals surface area (Å²) >= 11 is 0. The molecule has 1 aliphatic rings. The third kappa shape index (κ3) is 2.93. The molecule has 0 spiro atoms. The molecule has 0 saturated heterocycles. The molecule has 5 nitrogen and oxygen atoms in total. The van der Waals surface area contributed by atoms with E-state index in [1.165, 1.54) is 0 Å². The van der Waals surface area contributed by atoms with Gasteiger partial charge in [-0.3, -0.25) is 14.2 Å². The third-order valence-corrected chi connectivity index (χ3v) is 3.86. The molecule has 0 atom stereocenters. The summed E-state index contributed by atoms with van der Waals surface area (Å²) in [5.74, 6) is 0.122. The van der Waals surface area contributed by atoms with Gasteiger partial charge in [0.05, 0.1) is 11.4 Å². The Morgan fingerprint density at radius 3 is 1.77 bits per heavy atom. The maximum absolute atomic E-state index is 12.5. The van der Waals surface area contributed by atoms with Crippen LogP contribution in [0.15, 0.2) is 35.7 Å². The first-order valence-corrected chi connectivity index (χ1v) is 7.72. The fraction of sp³-hybridized carbons (Fsp3) is 0.353. The van der Waals surface area contributed by atoms with Crippen molar-refractivity contribution in [1.82, 2.24) is 19.6 Å². The molecule has 22 heavy (non-hydrogen) atoms. The molecular weight excluding hydrogens is 276 g/mol. The molecule has 114 valence electrons.